The van der Waals surface area contributed by atoms with Crippen molar-refractivity contribution in [2.24, 2.45) is 7.05 Å². The van der Waals surface area contributed by atoms with E-state index >= 15 is 0 Å². The maximum atomic E-state index is 12.2. The molecule has 9 heteroatoms. The summed E-state index contributed by atoms with van der Waals surface area (Å²) < 4.78 is 7.54. The zero-order valence-corrected chi connectivity index (χ0v) is 13.8. The van der Waals surface area contributed by atoms with Crippen molar-refractivity contribution in [2.75, 3.05) is 20.1 Å². The molecule has 9 nitrogen and oxygen atoms in total. The van der Waals surface area contributed by atoms with E-state index in [9.17, 15) is 14.4 Å². The summed E-state index contributed by atoms with van der Waals surface area (Å²) in [5.41, 5.74) is 0. The molecule has 2 atom stereocenters. The Morgan fingerprint density at radius 3 is 2.79 bits per heavy atom. The molecule has 130 valence electrons. The van der Waals surface area contributed by atoms with E-state index in [1.165, 1.54) is 11.9 Å². The predicted molar refractivity (Wildman–Crippen MR) is 83.1 cm³/mol. The van der Waals surface area contributed by atoms with E-state index in [2.05, 4.69) is 10.4 Å². The second-order valence-electron chi connectivity index (χ2n) is 6.23. The third-order valence-corrected chi connectivity index (χ3v) is 4.30. The topological polar surface area (TPSA) is 96.8 Å². The fraction of sp³-hybridized carbons (Fsp3) is 0.600. The second-order valence-corrected chi connectivity index (χ2v) is 6.23. The van der Waals surface area contributed by atoms with Crippen LogP contribution in [0.15, 0.2) is 12.4 Å². The first-order valence-electron chi connectivity index (χ1n) is 7.94. The highest BCUT2D eigenvalue weighted by Gasteiger charge is 2.36. The van der Waals surface area contributed by atoms with Crippen LogP contribution < -0.4 is 10.1 Å². The summed E-state index contributed by atoms with van der Waals surface area (Å²) in [6, 6.07) is -0.576. The number of ether oxygens (including phenoxy) is 1. The summed E-state index contributed by atoms with van der Waals surface area (Å²) in [4.78, 5) is 38.0. The van der Waals surface area contributed by atoms with Crippen molar-refractivity contribution in [3.05, 3.63) is 12.4 Å². The van der Waals surface area contributed by atoms with E-state index in [1.54, 1.807) is 17.1 Å². The lowest BCUT2D eigenvalue weighted by Crippen LogP contribution is -2.47. The van der Waals surface area contributed by atoms with E-state index in [4.69, 9.17) is 4.74 Å². The number of nitrogens with one attached hydrogen (secondary N) is 1. The van der Waals surface area contributed by atoms with Crippen molar-refractivity contribution in [1.29, 1.82) is 0 Å². The zero-order valence-electron chi connectivity index (χ0n) is 13.8. The van der Waals surface area contributed by atoms with Crippen LogP contribution in [-0.2, 0) is 16.6 Å². The van der Waals surface area contributed by atoms with E-state index < -0.39 is 6.03 Å². The number of urea groups is 1. The van der Waals surface area contributed by atoms with E-state index in [0.717, 1.165) is 24.2 Å². The lowest BCUT2D eigenvalue weighted by atomic mass is 10.2. The van der Waals surface area contributed by atoms with Crippen LogP contribution >= 0.6 is 0 Å². The first-order valence-corrected chi connectivity index (χ1v) is 7.94. The van der Waals surface area contributed by atoms with Crippen molar-refractivity contribution >= 4 is 17.8 Å². The number of likely N-dealkylation sites (N-methyl/N-ethyl adjacent to an activating group) is 1. The van der Waals surface area contributed by atoms with Gasteiger partial charge in [-0.15, -0.1) is 0 Å². The van der Waals surface area contributed by atoms with Gasteiger partial charge >= 0.3 is 6.03 Å². The van der Waals surface area contributed by atoms with Gasteiger partial charge in [0.25, 0.3) is 5.91 Å². The van der Waals surface area contributed by atoms with Crippen molar-refractivity contribution in [2.45, 2.75) is 31.4 Å². The molecule has 2 heterocycles. The molecule has 1 N–H and O–H groups in total. The zero-order chi connectivity index (χ0) is 17.3. The Kier molecular flexibility index (Phi) is 4.41. The molecule has 1 aromatic rings. The Morgan fingerprint density at radius 1 is 1.38 bits per heavy atom. The molecule has 3 rings (SSSR count). The summed E-state index contributed by atoms with van der Waals surface area (Å²) in [7, 11) is 3.34. The van der Waals surface area contributed by atoms with Crippen molar-refractivity contribution in [3.63, 3.8) is 0 Å². The molecule has 1 saturated heterocycles. The number of amides is 4. The normalized spacial score (nSPS) is 23.9. The molecule has 4 amide bonds. The number of imide groups is 1. The number of hydrogen-bond donors (Lipinski definition) is 1. The smallest absolute Gasteiger partial charge is 0.327 e. The average Bonchev–Trinajstić information content (AvgIpc) is 3.18. The number of carbonyl (C=O) groups is 3. The van der Waals surface area contributed by atoms with Gasteiger partial charge in [-0.25, -0.2) is 4.79 Å². The number of aromatic nitrogens is 2. The predicted octanol–water partition coefficient (Wildman–Crippen LogP) is -0.270. The second kappa shape index (κ2) is 6.50. The summed E-state index contributed by atoms with van der Waals surface area (Å²) in [5.74, 6) is -0.0407. The molecule has 1 aliphatic heterocycles. The summed E-state index contributed by atoms with van der Waals surface area (Å²) >= 11 is 0. The highest BCUT2D eigenvalue weighted by Crippen LogP contribution is 2.24. The molecule has 2 aliphatic rings. The van der Waals surface area contributed by atoms with Crippen LogP contribution in [0.25, 0.3) is 0 Å². The van der Waals surface area contributed by atoms with Crippen LogP contribution in [0, 0.1) is 0 Å². The molecular formula is C15H21N5O4. The maximum absolute atomic E-state index is 12.2. The van der Waals surface area contributed by atoms with Crippen LogP contribution in [0.1, 0.15) is 19.3 Å². The van der Waals surface area contributed by atoms with Gasteiger partial charge in [-0.1, -0.05) is 0 Å². The molecule has 0 unspecified atom stereocenters. The number of rotatable bonds is 5. The summed E-state index contributed by atoms with van der Waals surface area (Å²) in [6.45, 7) is -0.236. The highest BCUT2D eigenvalue weighted by atomic mass is 16.5. The Labute approximate surface area is 139 Å². The lowest BCUT2D eigenvalue weighted by Gasteiger charge is -2.22. The first kappa shape index (κ1) is 16.3. The monoisotopic (exact) mass is 335 g/mol. The molecule has 0 aromatic carbocycles. The fourth-order valence-electron chi connectivity index (χ4n) is 3.09. The molecule has 1 aromatic heterocycles. The van der Waals surface area contributed by atoms with Gasteiger partial charge < -0.3 is 15.0 Å². The van der Waals surface area contributed by atoms with Crippen molar-refractivity contribution in [3.8, 4) is 5.75 Å². The van der Waals surface area contributed by atoms with Gasteiger partial charge in [-0.2, -0.15) is 5.10 Å². The number of hydrogen-bond acceptors (Lipinski definition) is 5. The van der Waals surface area contributed by atoms with Crippen LogP contribution in [0.3, 0.4) is 0 Å². The molecule has 0 spiro atoms. The van der Waals surface area contributed by atoms with Crippen LogP contribution in [0.5, 0.6) is 5.75 Å². The molecule has 0 radical (unpaired) electrons. The largest absolute Gasteiger partial charge is 0.485 e. The lowest BCUT2D eigenvalue weighted by molar-refractivity contribution is -0.131. The quantitative estimate of drug-likeness (QED) is 0.747. The van der Waals surface area contributed by atoms with Crippen LogP contribution in [0.4, 0.5) is 4.79 Å². The first-order chi connectivity index (χ1) is 11.4. The highest BCUT2D eigenvalue weighted by molar-refractivity contribution is 6.04. The third-order valence-electron chi connectivity index (χ3n) is 4.30. The maximum Gasteiger partial charge on any atom is 0.327 e. The molecule has 2 fully saturated rings. The molecule has 24 heavy (non-hydrogen) atoms. The Morgan fingerprint density at radius 2 is 2.17 bits per heavy atom. The molecule has 1 saturated carbocycles. The SMILES string of the molecule is CN1CC(=O)N(CC(=O)N[C@H]2CCC[C@H]2Oc2cnn(C)c2)C1=O. The Balaban J connectivity index is 1.55. The number of nitrogens with zero attached hydrogens (tertiary/aromatic N) is 4. The number of carbonyl (C=O) groups excluding carboxylic acids is 3. The van der Waals surface area contributed by atoms with Gasteiger partial charge in [-0.3, -0.25) is 19.2 Å². The van der Waals surface area contributed by atoms with Gasteiger partial charge in [-0.05, 0) is 19.3 Å². The Bertz CT molecular complexity index is 658. The van der Waals surface area contributed by atoms with Gasteiger partial charge in [0, 0.05) is 14.1 Å². The van der Waals surface area contributed by atoms with Crippen LogP contribution in [-0.4, -0.2) is 69.7 Å². The van der Waals surface area contributed by atoms with E-state index in [1.807, 2.05) is 7.05 Å². The fourth-order valence-corrected chi connectivity index (χ4v) is 3.09. The van der Waals surface area contributed by atoms with Gasteiger partial charge in [0.15, 0.2) is 5.75 Å². The van der Waals surface area contributed by atoms with Gasteiger partial charge in [0.2, 0.25) is 5.91 Å². The minimum Gasteiger partial charge on any atom is -0.485 e. The molecular weight excluding hydrogens is 314 g/mol. The van der Waals surface area contributed by atoms with Crippen molar-refractivity contribution in [1.82, 2.24) is 24.9 Å². The average molecular weight is 335 g/mol. The molecule has 0 bridgehead atoms. The number of aryl methyl sites for hydroxylation is 1. The standard InChI is InChI=1S/C15H21N5O4/c1-18-9-14(22)20(15(18)23)8-13(21)17-11-4-3-5-12(11)24-10-6-16-19(2)7-10/h6-7,11-12H,3-5,8-9H2,1-2H3,(H,17,21)/t11-,12+/m0/s1. The third kappa shape index (κ3) is 3.34. The molecule has 1 aliphatic carbocycles. The summed E-state index contributed by atoms with van der Waals surface area (Å²) in [6.07, 6.45) is 5.86. The van der Waals surface area contributed by atoms with Gasteiger partial charge in [0.05, 0.1) is 18.4 Å². The van der Waals surface area contributed by atoms with Crippen LogP contribution in [0.2, 0.25) is 0 Å². The minimum absolute atomic E-state index is 0.0162. The summed E-state index contributed by atoms with van der Waals surface area (Å²) in [5, 5.41) is 6.94. The Hall–Kier alpha value is -2.58. The van der Waals surface area contributed by atoms with Crippen molar-refractivity contribution < 1.29 is 19.1 Å². The van der Waals surface area contributed by atoms with E-state index in [-0.39, 0.29) is 37.0 Å². The minimum atomic E-state index is -0.440. The van der Waals surface area contributed by atoms with Gasteiger partial charge in [0.1, 0.15) is 19.2 Å². The van der Waals surface area contributed by atoms with E-state index in [0.29, 0.717) is 5.75 Å².